The first-order valence-corrected chi connectivity index (χ1v) is 11.3. The number of nitrogens with zero attached hydrogens (tertiary/aromatic N) is 3. The van der Waals surface area contributed by atoms with Gasteiger partial charge >= 0.3 is 5.97 Å². The van der Waals surface area contributed by atoms with Gasteiger partial charge in [0.2, 0.25) is 5.17 Å². The van der Waals surface area contributed by atoms with Crippen LogP contribution < -0.4 is 4.74 Å². The van der Waals surface area contributed by atoms with Crippen LogP contribution in [0.15, 0.2) is 86.8 Å². The number of fused-ring (bicyclic) bond motifs is 1. The Bertz CT molecular complexity index is 1410. The minimum absolute atomic E-state index is 0.0604. The van der Waals surface area contributed by atoms with E-state index in [1.54, 1.807) is 36.4 Å². The first-order chi connectivity index (χ1) is 17.0. The highest BCUT2D eigenvalue weighted by Crippen LogP contribution is 2.30. The van der Waals surface area contributed by atoms with Crippen LogP contribution in [0.3, 0.4) is 0 Å². The van der Waals surface area contributed by atoms with Crippen molar-refractivity contribution >= 4 is 45.8 Å². The molecule has 0 spiro atoms. The normalized spacial score (nSPS) is 16.1. The summed E-state index contributed by atoms with van der Waals surface area (Å²) in [5.41, 5.74) is 1.24. The summed E-state index contributed by atoms with van der Waals surface area (Å²) in [6.45, 7) is 0.195. The van der Waals surface area contributed by atoms with Crippen LogP contribution in [0, 0.1) is 5.41 Å². The number of amidine groups is 2. The lowest BCUT2D eigenvalue weighted by atomic mass is 10.1. The van der Waals surface area contributed by atoms with Crippen molar-refractivity contribution in [2.75, 3.05) is 13.7 Å². The second-order valence-electron chi connectivity index (χ2n) is 7.39. The fraction of sp³-hybridized carbons (Fsp3) is 0.0800. The number of nitrogens with one attached hydrogen (secondary N) is 1. The zero-order valence-corrected chi connectivity index (χ0v) is 19.2. The molecule has 2 aromatic carbocycles. The molecule has 0 saturated carbocycles. The summed E-state index contributed by atoms with van der Waals surface area (Å²) in [6, 6.07) is 19.5. The predicted octanol–water partition coefficient (Wildman–Crippen LogP) is 4.43. The number of benzene rings is 2. The third-order valence-corrected chi connectivity index (χ3v) is 5.99. The number of furan rings is 1. The van der Waals surface area contributed by atoms with Crippen LogP contribution in [0.5, 0.6) is 5.75 Å². The summed E-state index contributed by atoms with van der Waals surface area (Å²) in [7, 11) is 1.32. The molecule has 0 atom stereocenters. The van der Waals surface area contributed by atoms with Crippen LogP contribution >= 0.6 is 11.8 Å². The number of thioether (sulfide) groups is 1. The molecule has 35 heavy (non-hydrogen) atoms. The Balaban J connectivity index is 1.32. The molecule has 10 heteroatoms. The number of rotatable bonds is 6. The molecule has 0 aliphatic carbocycles. The Morgan fingerprint density at radius 3 is 2.63 bits per heavy atom. The second-order valence-corrected chi connectivity index (χ2v) is 8.43. The highest BCUT2D eigenvalue weighted by Gasteiger charge is 2.36. The van der Waals surface area contributed by atoms with Gasteiger partial charge in [0.15, 0.2) is 5.84 Å². The standard InChI is InChI=1S/C25H18N4O5S/c1-32-24(31)16-9-7-15(8-10-16)20-12-11-18(34-20)13-19-22(26)29-25(27-23(19)30)35-21(28-29)14-33-17-5-3-2-4-6-17/h2-13,26H,14H2,1H3. The SMILES string of the molecule is COC(=O)c1ccc(-c2ccc(C=C3C(=N)N4N=C(COc5ccccc5)SC4=NC3=O)o2)cc1. The van der Waals surface area contributed by atoms with E-state index < -0.39 is 11.9 Å². The van der Waals surface area contributed by atoms with Gasteiger partial charge in [-0.3, -0.25) is 10.2 Å². The fourth-order valence-electron chi connectivity index (χ4n) is 3.37. The summed E-state index contributed by atoms with van der Waals surface area (Å²) in [4.78, 5) is 28.3. The minimum atomic E-state index is -0.547. The molecule has 0 bridgehead atoms. The molecule has 0 fully saturated rings. The number of ether oxygens (including phenoxy) is 2. The number of esters is 1. The molecular formula is C25H18N4O5S. The zero-order valence-electron chi connectivity index (χ0n) is 18.4. The van der Waals surface area contributed by atoms with Crippen molar-refractivity contribution < 1.29 is 23.5 Å². The maximum absolute atomic E-state index is 12.6. The third kappa shape index (κ3) is 4.64. The molecule has 2 aliphatic heterocycles. The first-order valence-electron chi connectivity index (χ1n) is 10.5. The third-order valence-electron chi connectivity index (χ3n) is 5.11. The maximum atomic E-state index is 12.6. The molecule has 5 rings (SSSR count). The second kappa shape index (κ2) is 9.43. The van der Waals surface area contributed by atoms with Crippen molar-refractivity contribution in [1.29, 1.82) is 5.41 Å². The van der Waals surface area contributed by atoms with E-state index in [2.05, 4.69) is 10.1 Å². The van der Waals surface area contributed by atoms with Crippen molar-refractivity contribution in [1.82, 2.24) is 5.01 Å². The van der Waals surface area contributed by atoms with Gasteiger partial charge in [0.25, 0.3) is 5.91 Å². The average molecular weight is 487 g/mol. The Morgan fingerprint density at radius 2 is 1.89 bits per heavy atom. The van der Waals surface area contributed by atoms with Crippen molar-refractivity contribution in [2.24, 2.45) is 10.1 Å². The maximum Gasteiger partial charge on any atom is 0.337 e. The van der Waals surface area contributed by atoms with Crippen LogP contribution in [0.4, 0.5) is 0 Å². The van der Waals surface area contributed by atoms with Gasteiger partial charge in [-0.1, -0.05) is 30.3 Å². The van der Waals surface area contributed by atoms with Gasteiger partial charge in [-0.2, -0.15) is 15.1 Å². The van der Waals surface area contributed by atoms with Crippen molar-refractivity contribution in [2.45, 2.75) is 0 Å². The van der Waals surface area contributed by atoms with E-state index in [1.807, 2.05) is 30.3 Å². The molecule has 0 saturated heterocycles. The van der Waals surface area contributed by atoms with Gasteiger partial charge in [-0.05, 0) is 54.2 Å². The highest BCUT2D eigenvalue weighted by molar-refractivity contribution is 8.27. The molecule has 2 aliphatic rings. The van der Waals surface area contributed by atoms with E-state index in [1.165, 1.54) is 30.0 Å². The monoisotopic (exact) mass is 486 g/mol. The molecule has 1 aromatic heterocycles. The summed E-state index contributed by atoms with van der Waals surface area (Å²) in [6.07, 6.45) is 1.47. The molecule has 3 aromatic rings. The molecule has 1 N–H and O–H groups in total. The summed E-state index contributed by atoms with van der Waals surface area (Å²) in [5, 5.41) is 15.1. The Labute approximate surface area is 204 Å². The van der Waals surface area contributed by atoms with Crippen molar-refractivity contribution in [3.63, 3.8) is 0 Å². The average Bonchev–Trinajstić information content (AvgIpc) is 3.53. The smallest absolute Gasteiger partial charge is 0.337 e. The summed E-state index contributed by atoms with van der Waals surface area (Å²) in [5.74, 6) is 0.558. The number of para-hydroxylation sites is 1. The predicted molar refractivity (Wildman–Crippen MR) is 132 cm³/mol. The summed E-state index contributed by atoms with van der Waals surface area (Å²) >= 11 is 1.19. The van der Waals surface area contributed by atoms with E-state index in [9.17, 15) is 9.59 Å². The molecule has 0 radical (unpaired) electrons. The molecule has 1 amide bonds. The van der Waals surface area contributed by atoms with E-state index in [-0.39, 0.29) is 18.0 Å². The van der Waals surface area contributed by atoms with Gasteiger partial charge in [0.05, 0.1) is 18.2 Å². The lowest BCUT2D eigenvalue weighted by Gasteiger charge is -2.19. The minimum Gasteiger partial charge on any atom is -0.487 e. The highest BCUT2D eigenvalue weighted by atomic mass is 32.2. The van der Waals surface area contributed by atoms with Crippen LogP contribution in [0.2, 0.25) is 0 Å². The van der Waals surface area contributed by atoms with Crippen LogP contribution in [0.1, 0.15) is 16.1 Å². The topological polar surface area (TPSA) is 118 Å². The molecular weight excluding hydrogens is 468 g/mol. The zero-order chi connectivity index (χ0) is 24.4. The summed E-state index contributed by atoms with van der Waals surface area (Å²) < 4.78 is 16.3. The van der Waals surface area contributed by atoms with E-state index in [0.717, 1.165) is 5.56 Å². The number of methoxy groups -OCH3 is 1. The Kier molecular flexibility index (Phi) is 6.02. The Morgan fingerprint density at radius 1 is 1.11 bits per heavy atom. The number of amides is 1. The van der Waals surface area contributed by atoms with Gasteiger partial charge in [0, 0.05) is 5.56 Å². The quantitative estimate of drug-likeness (QED) is 0.404. The van der Waals surface area contributed by atoms with Gasteiger partial charge in [0.1, 0.15) is 28.9 Å². The van der Waals surface area contributed by atoms with Crippen LogP contribution in [0.25, 0.3) is 17.4 Å². The Hall–Kier alpha value is -4.44. The number of aliphatic imine (C=N–C) groups is 1. The van der Waals surface area contributed by atoms with Crippen molar-refractivity contribution in [3.8, 4) is 17.1 Å². The van der Waals surface area contributed by atoms with Crippen LogP contribution in [-0.4, -0.2) is 46.6 Å². The van der Waals surface area contributed by atoms with E-state index >= 15 is 0 Å². The van der Waals surface area contributed by atoms with Gasteiger partial charge in [-0.25, -0.2) is 4.79 Å². The van der Waals surface area contributed by atoms with Crippen LogP contribution in [-0.2, 0) is 9.53 Å². The molecule has 9 nitrogen and oxygen atoms in total. The largest absolute Gasteiger partial charge is 0.487 e. The number of carbonyl (C=O) groups is 2. The van der Waals surface area contributed by atoms with E-state index in [0.29, 0.717) is 33.0 Å². The van der Waals surface area contributed by atoms with E-state index in [4.69, 9.17) is 19.3 Å². The molecule has 174 valence electrons. The number of carbonyl (C=O) groups excluding carboxylic acids is 2. The number of hydrazone groups is 1. The lowest BCUT2D eigenvalue weighted by molar-refractivity contribution is -0.114. The number of hydrogen-bond donors (Lipinski definition) is 1. The molecule has 3 heterocycles. The lowest BCUT2D eigenvalue weighted by Crippen LogP contribution is -2.35. The van der Waals surface area contributed by atoms with Gasteiger partial charge < -0.3 is 13.9 Å². The van der Waals surface area contributed by atoms with Crippen molar-refractivity contribution in [3.05, 3.63) is 83.6 Å². The van der Waals surface area contributed by atoms with Gasteiger partial charge in [-0.15, -0.1) is 0 Å². The first kappa shape index (κ1) is 22.4. The fourth-order valence-corrected chi connectivity index (χ4v) is 4.17. The molecule has 0 unspecified atom stereocenters. The number of hydrogen-bond acceptors (Lipinski definition) is 8.